The van der Waals surface area contributed by atoms with E-state index >= 15 is 0 Å². The molecule has 0 aliphatic carbocycles. The number of ether oxygens (including phenoxy) is 4. The van der Waals surface area contributed by atoms with Crippen LogP contribution in [0.3, 0.4) is 0 Å². The fourth-order valence-corrected chi connectivity index (χ4v) is 11.3. The molecule has 0 amide bonds. The van der Waals surface area contributed by atoms with Crippen LogP contribution >= 0.6 is 15.6 Å². The third-order valence-corrected chi connectivity index (χ3v) is 16.9. The number of aliphatic hydroxyl groups is 1. The molecule has 2 unspecified atom stereocenters. The summed E-state index contributed by atoms with van der Waals surface area (Å²) in [5.41, 5.74) is 0. The van der Waals surface area contributed by atoms with E-state index in [9.17, 15) is 43.2 Å². The number of phosphoric acid groups is 2. The Kier molecular flexibility index (Phi) is 57.4. The lowest BCUT2D eigenvalue weighted by Crippen LogP contribution is -2.30. The number of aliphatic hydroxyl groups excluding tert-OH is 1. The van der Waals surface area contributed by atoms with Crippen LogP contribution in [0.15, 0.2) is 0 Å². The van der Waals surface area contributed by atoms with Crippen molar-refractivity contribution in [2.45, 2.75) is 348 Å². The first-order valence-corrected chi connectivity index (χ1v) is 37.1. The highest BCUT2D eigenvalue weighted by Gasteiger charge is 2.30. The van der Waals surface area contributed by atoms with Gasteiger partial charge in [-0.3, -0.25) is 37.3 Å². The van der Waals surface area contributed by atoms with Gasteiger partial charge >= 0.3 is 39.5 Å². The average Bonchev–Trinajstić information content (AvgIpc) is 3.62. The number of carbonyl (C=O) groups is 4. The summed E-state index contributed by atoms with van der Waals surface area (Å²) in [7, 11) is -9.88. The summed E-state index contributed by atoms with van der Waals surface area (Å²) in [5.74, 6) is -1.41. The van der Waals surface area contributed by atoms with Gasteiger partial charge in [0.15, 0.2) is 12.2 Å². The molecule has 17 nitrogen and oxygen atoms in total. The van der Waals surface area contributed by atoms with Crippen LogP contribution in [0.4, 0.5) is 0 Å². The fourth-order valence-electron chi connectivity index (χ4n) is 9.76. The second kappa shape index (κ2) is 58.7. The largest absolute Gasteiger partial charge is 0.472 e. The minimum absolute atomic E-state index is 0.106. The second-order valence-corrected chi connectivity index (χ2v) is 26.9. The summed E-state index contributed by atoms with van der Waals surface area (Å²) in [4.78, 5) is 72.0. The number of unbranched alkanes of at least 4 members (excludes halogenated alkanes) is 37. The Labute approximate surface area is 511 Å². The van der Waals surface area contributed by atoms with E-state index in [-0.39, 0.29) is 25.7 Å². The Balaban J connectivity index is 5.15. The van der Waals surface area contributed by atoms with E-state index in [2.05, 4.69) is 34.6 Å². The average molecular weight is 1240 g/mol. The van der Waals surface area contributed by atoms with Gasteiger partial charge in [0.25, 0.3) is 0 Å². The van der Waals surface area contributed by atoms with E-state index in [0.717, 1.165) is 102 Å². The van der Waals surface area contributed by atoms with E-state index in [0.29, 0.717) is 25.7 Å². The molecule has 0 rings (SSSR count). The zero-order chi connectivity index (χ0) is 62.0. The van der Waals surface area contributed by atoms with E-state index in [1.54, 1.807) is 0 Å². The highest BCUT2D eigenvalue weighted by Crippen LogP contribution is 2.45. The van der Waals surface area contributed by atoms with Gasteiger partial charge in [0.1, 0.15) is 19.3 Å². The summed E-state index contributed by atoms with van der Waals surface area (Å²) in [5, 5.41) is 10.5. The van der Waals surface area contributed by atoms with Crippen LogP contribution in [0.2, 0.25) is 0 Å². The lowest BCUT2D eigenvalue weighted by molar-refractivity contribution is -0.161. The SMILES string of the molecule is CCCCCCCCCCCCCCCCCCCC(=O)O[C@H](COC(=O)CCCCCCCCCCC(C)C)COP(=O)(O)OC[C@@H](O)COP(=O)(O)OC[C@@H](COC(=O)CCCCCCC)OC(=O)CCCCCCCCCCCCC. The van der Waals surface area contributed by atoms with Gasteiger partial charge in [0.05, 0.1) is 26.4 Å². The van der Waals surface area contributed by atoms with Crippen molar-refractivity contribution in [2.24, 2.45) is 5.92 Å². The van der Waals surface area contributed by atoms with E-state index in [4.69, 9.17) is 37.0 Å². The Hall–Kier alpha value is -1.94. The van der Waals surface area contributed by atoms with Crippen molar-refractivity contribution in [3.05, 3.63) is 0 Å². The molecule has 0 saturated heterocycles. The van der Waals surface area contributed by atoms with E-state index in [1.807, 2.05) is 0 Å². The van der Waals surface area contributed by atoms with Crippen LogP contribution < -0.4 is 0 Å². The van der Waals surface area contributed by atoms with Gasteiger partial charge in [-0.25, -0.2) is 9.13 Å². The lowest BCUT2D eigenvalue weighted by atomic mass is 10.0. The fraction of sp³-hybridized carbons (Fsp3) is 0.938. The molecular weight excluding hydrogens is 1110 g/mol. The summed E-state index contributed by atoms with van der Waals surface area (Å²) < 4.78 is 67.8. The van der Waals surface area contributed by atoms with Crippen LogP contribution in [0.5, 0.6) is 0 Å². The predicted octanol–water partition coefficient (Wildman–Crippen LogP) is 18.2. The molecule has 0 aromatic carbocycles. The quantitative estimate of drug-likeness (QED) is 0.0222. The molecule has 0 spiro atoms. The van der Waals surface area contributed by atoms with E-state index in [1.165, 1.54) is 148 Å². The highest BCUT2D eigenvalue weighted by molar-refractivity contribution is 7.47. The number of carbonyl (C=O) groups excluding carboxylic acids is 4. The lowest BCUT2D eigenvalue weighted by Gasteiger charge is -2.21. The van der Waals surface area contributed by atoms with Gasteiger partial charge in [-0.2, -0.15) is 0 Å². The molecule has 5 atom stereocenters. The second-order valence-electron chi connectivity index (χ2n) is 24.0. The maximum Gasteiger partial charge on any atom is 0.472 e. The number of phosphoric ester groups is 2. The number of hydrogen-bond donors (Lipinski definition) is 3. The Morgan fingerprint density at radius 2 is 0.548 bits per heavy atom. The molecule has 0 bridgehead atoms. The maximum absolute atomic E-state index is 13.0. The van der Waals surface area contributed by atoms with Crippen molar-refractivity contribution in [2.75, 3.05) is 39.6 Å². The van der Waals surface area contributed by atoms with Gasteiger partial charge in [0, 0.05) is 25.7 Å². The molecule has 0 radical (unpaired) electrons. The van der Waals surface area contributed by atoms with Crippen molar-refractivity contribution in [3.8, 4) is 0 Å². The molecule has 0 aliphatic heterocycles. The molecule has 0 aliphatic rings. The normalized spacial score (nSPS) is 14.2. The first-order chi connectivity index (χ1) is 40.5. The number of rotatable bonds is 65. The van der Waals surface area contributed by atoms with Gasteiger partial charge in [-0.05, 0) is 31.6 Å². The maximum atomic E-state index is 13.0. The zero-order valence-electron chi connectivity index (χ0n) is 54.0. The molecule has 19 heteroatoms. The first-order valence-electron chi connectivity index (χ1n) is 34.1. The van der Waals surface area contributed by atoms with Crippen molar-refractivity contribution >= 4 is 39.5 Å². The summed E-state index contributed by atoms with van der Waals surface area (Å²) in [6.45, 7) is 7.08. The van der Waals surface area contributed by atoms with Crippen LogP contribution in [-0.2, 0) is 65.4 Å². The minimum Gasteiger partial charge on any atom is -0.462 e. The van der Waals surface area contributed by atoms with Crippen LogP contribution in [-0.4, -0.2) is 96.7 Å². The van der Waals surface area contributed by atoms with E-state index < -0.39 is 97.5 Å². The molecule has 0 saturated carbocycles. The van der Waals surface area contributed by atoms with Gasteiger partial charge in [-0.15, -0.1) is 0 Å². The number of hydrogen-bond acceptors (Lipinski definition) is 15. The van der Waals surface area contributed by atoms with Crippen molar-refractivity contribution < 1.29 is 80.2 Å². The molecule has 498 valence electrons. The minimum atomic E-state index is -4.94. The third kappa shape index (κ3) is 59.0. The topological polar surface area (TPSA) is 237 Å². The summed E-state index contributed by atoms with van der Waals surface area (Å²) >= 11 is 0. The van der Waals surface area contributed by atoms with Gasteiger partial charge in [-0.1, -0.05) is 279 Å². The molecule has 0 aromatic heterocycles. The van der Waals surface area contributed by atoms with Gasteiger partial charge < -0.3 is 33.8 Å². The zero-order valence-corrected chi connectivity index (χ0v) is 55.8. The standard InChI is InChI=1S/C65H126O17P2/c1-6-9-12-15-17-19-21-22-23-24-25-26-28-30-36-41-46-51-65(70)82-61(55-76-63(68)49-44-39-34-32-31-33-38-42-47-58(4)5)57-80-84(73,74)78-53-59(66)52-77-83(71,72)79-56-60(54-75-62(67)48-43-37-14-11-8-3)81-64(69)50-45-40-35-29-27-20-18-16-13-10-7-2/h58-61,66H,6-57H2,1-5H3,(H,71,72)(H,73,74)/t59-,60+,61+/m0/s1. The molecular formula is C65H126O17P2. The van der Waals surface area contributed by atoms with Crippen LogP contribution in [0.25, 0.3) is 0 Å². The highest BCUT2D eigenvalue weighted by atomic mass is 31.2. The third-order valence-electron chi connectivity index (χ3n) is 15.0. The monoisotopic (exact) mass is 1240 g/mol. The van der Waals surface area contributed by atoms with Crippen molar-refractivity contribution in [1.82, 2.24) is 0 Å². The predicted molar refractivity (Wildman–Crippen MR) is 335 cm³/mol. The molecule has 84 heavy (non-hydrogen) atoms. The van der Waals surface area contributed by atoms with Crippen LogP contribution in [0, 0.1) is 5.92 Å². The van der Waals surface area contributed by atoms with Crippen molar-refractivity contribution in [3.63, 3.8) is 0 Å². The Morgan fingerprint density at radius 1 is 0.321 bits per heavy atom. The Morgan fingerprint density at radius 3 is 0.810 bits per heavy atom. The number of esters is 4. The molecule has 3 N–H and O–H groups in total. The van der Waals surface area contributed by atoms with Gasteiger partial charge in [0.2, 0.25) is 0 Å². The first kappa shape index (κ1) is 82.1. The van der Waals surface area contributed by atoms with Crippen molar-refractivity contribution in [1.29, 1.82) is 0 Å². The smallest absolute Gasteiger partial charge is 0.462 e. The molecule has 0 aromatic rings. The van der Waals surface area contributed by atoms with Crippen LogP contribution in [0.1, 0.15) is 330 Å². The summed E-state index contributed by atoms with van der Waals surface area (Å²) in [6, 6.07) is 0. The Bertz CT molecular complexity index is 1640. The molecule has 0 fully saturated rings. The molecule has 0 heterocycles. The summed E-state index contributed by atoms with van der Waals surface area (Å²) in [6.07, 6.45) is 43.4.